The van der Waals surface area contributed by atoms with Crippen molar-refractivity contribution in [3.63, 3.8) is 0 Å². The Morgan fingerprint density at radius 2 is 1.88 bits per heavy atom. The highest BCUT2D eigenvalue weighted by Gasteiger charge is 2.26. The number of carbonyl (C=O) groups is 1. The Bertz CT molecular complexity index is 655. The second-order valence-electron chi connectivity index (χ2n) is 6.18. The van der Waals surface area contributed by atoms with Crippen LogP contribution in [-0.4, -0.2) is 51.1 Å². The number of benzene rings is 1. The van der Waals surface area contributed by atoms with E-state index in [0.717, 1.165) is 18.4 Å². The topological polar surface area (TPSA) is 87.7 Å². The van der Waals surface area contributed by atoms with Crippen LogP contribution >= 0.6 is 0 Å². The lowest BCUT2D eigenvalue weighted by atomic mass is 10.2. The average Bonchev–Trinajstić information content (AvgIpc) is 2.61. The van der Waals surface area contributed by atoms with Crippen LogP contribution in [0.15, 0.2) is 29.2 Å². The highest BCUT2D eigenvalue weighted by molar-refractivity contribution is 7.89. The number of hydrogen-bond donors (Lipinski definition) is 2. The van der Waals surface area contributed by atoms with Crippen molar-refractivity contribution < 1.29 is 17.9 Å². The molecule has 1 aromatic carbocycles. The maximum atomic E-state index is 12.5. The number of rotatable bonds is 7. The number of sulfonamides is 1. The van der Waals surface area contributed by atoms with Crippen LogP contribution in [0, 0.1) is 0 Å². The molecule has 0 spiro atoms. The van der Waals surface area contributed by atoms with E-state index in [9.17, 15) is 13.2 Å². The Kier molecular flexibility index (Phi) is 7.22. The molecule has 0 radical (unpaired) electrons. The van der Waals surface area contributed by atoms with Crippen LogP contribution in [0.1, 0.15) is 32.3 Å². The van der Waals surface area contributed by atoms with Gasteiger partial charge in [0, 0.05) is 25.7 Å². The van der Waals surface area contributed by atoms with E-state index in [4.69, 9.17) is 4.74 Å². The Hall–Kier alpha value is -1.64. The van der Waals surface area contributed by atoms with Crippen molar-refractivity contribution in [2.75, 3.05) is 26.3 Å². The molecule has 2 rings (SSSR count). The summed E-state index contributed by atoms with van der Waals surface area (Å²) in [6, 6.07) is 6.53. The molecule has 1 aliphatic rings. The minimum atomic E-state index is -3.48. The first-order valence-electron chi connectivity index (χ1n) is 8.64. The molecule has 0 aromatic heterocycles. The summed E-state index contributed by atoms with van der Waals surface area (Å²) in [5.74, 6) is 0. The predicted octanol–water partition coefficient (Wildman–Crippen LogP) is 1.70. The van der Waals surface area contributed by atoms with Gasteiger partial charge in [0.1, 0.15) is 0 Å². The predicted molar refractivity (Wildman–Crippen MR) is 95.8 cm³/mol. The van der Waals surface area contributed by atoms with Gasteiger partial charge in [0.15, 0.2) is 0 Å². The summed E-state index contributed by atoms with van der Waals surface area (Å²) in [6.45, 7) is 5.99. The summed E-state index contributed by atoms with van der Waals surface area (Å²) in [5, 5.41) is 5.65. The molecule has 140 valence electrons. The van der Waals surface area contributed by atoms with Gasteiger partial charge in [-0.25, -0.2) is 13.2 Å². The van der Waals surface area contributed by atoms with Crippen molar-refractivity contribution in [1.29, 1.82) is 0 Å². The molecular formula is C17H27N3O4S. The maximum Gasteiger partial charge on any atom is 0.315 e. The Morgan fingerprint density at radius 3 is 2.48 bits per heavy atom. The molecule has 1 fully saturated rings. The van der Waals surface area contributed by atoms with Crippen molar-refractivity contribution in [3.8, 4) is 0 Å². The molecule has 2 N–H and O–H groups in total. The monoisotopic (exact) mass is 369 g/mol. The van der Waals surface area contributed by atoms with E-state index in [2.05, 4.69) is 17.6 Å². The summed E-state index contributed by atoms with van der Waals surface area (Å²) in [5.41, 5.74) is 0.847. The highest BCUT2D eigenvalue weighted by Crippen LogP contribution is 2.17. The zero-order chi connectivity index (χ0) is 18.3. The lowest BCUT2D eigenvalue weighted by molar-refractivity contribution is 0.0730. The normalized spacial score (nSPS) is 17.0. The van der Waals surface area contributed by atoms with Crippen molar-refractivity contribution in [2.24, 2.45) is 0 Å². The molecule has 1 aliphatic heterocycles. The number of urea groups is 1. The Labute approximate surface area is 149 Å². The van der Waals surface area contributed by atoms with E-state index in [-0.39, 0.29) is 17.0 Å². The van der Waals surface area contributed by atoms with Gasteiger partial charge in [-0.1, -0.05) is 25.5 Å². The molecule has 0 unspecified atom stereocenters. The van der Waals surface area contributed by atoms with Crippen LogP contribution < -0.4 is 10.6 Å². The molecule has 8 heteroatoms. The van der Waals surface area contributed by atoms with Gasteiger partial charge in [0.2, 0.25) is 10.0 Å². The minimum Gasteiger partial charge on any atom is -0.379 e. The lowest BCUT2D eigenvalue weighted by Crippen LogP contribution is -2.40. The third-order valence-electron chi connectivity index (χ3n) is 4.08. The molecular weight excluding hydrogens is 342 g/mol. The fourth-order valence-electron chi connectivity index (χ4n) is 2.68. The summed E-state index contributed by atoms with van der Waals surface area (Å²) in [6.07, 6.45) is 1.95. The van der Waals surface area contributed by atoms with Gasteiger partial charge in [-0.3, -0.25) is 0 Å². The van der Waals surface area contributed by atoms with Gasteiger partial charge >= 0.3 is 6.03 Å². The van der Waals surface area contributed by atoms with E-state index >= 15 is 0 Å². The SMILES string of the molecule is CCC[C@H](C)NC(=O)NCc1ccc(S(=O)(=O)N2CCOCC2)cc1. The van der Waals surface area contributed by atoms with Gasteiger partial charge in [0.25, 0.3) is 0 Å². The molecule has 1 atom stereocenters. The second kappa shape index (κ2) is 9.17. The first kappa shape index (κ1) is 19.7. The van der Waals surface area contributed by atoms with Crippen molar-refractivity contribution >= 4 is 16.1 Å². The van der Waals surface area contributed by atoms with Crippen LogP contribution in [0.25, 0.3) is 0 Å². The zero-order valence-electron chi connectivity index (χ0n) is 14.8. The number of hydrogen-bond acceptors (Lipinski definition) is 4. The van der Waals surface area contributed by atoms with Crippen molar-refractivity contribution in [3.05, 3.63) is 29.8 Å². The quantitative estimate of drug-likeness (QED) is 0.766. The van der Waals surface area contributed by atoms with Crippen LogP contribution in [-0.2, 0) is 21.3 Å². The van der Waals surface area contributed by atoms with Gasteiger partial charge in [-0.2, -0.15) is 4.31 Å². The van der Waals surface area contributed by atoms with Gasteiger partial charge < -0.3 is 15.4 Å². The number of morpholine rings is 1. The third-order valence-corrected chi connectivity index (χ3v) is 6.00. The van der Waals surface area contributed by atoms with E-state index < -0.39 is 10.0 Å². The van der Waals surface area contributed by atoms with Crippen LogP contribution in [0.5, 0.6) is 0 Å². The van der Waals surface area contributed by atoms with Crippen molar-refractivity contribution in [2.45, 2.75) is 44.2 Å². The summed E-state index contributed by atoms with van der Waals surface area (Å²) < 4.78 is 31.7. The summed E-state index contributed by atoms with van der Waals surface area (Å²) >= 11 is 0. The second-order valence-corrected chi connectivity index (χ2v) is 8.12. The average molecular weight is 369 g/mol. The van der Waals surface area contributed by atoms with Crippen LogP contribution in [0.3, 0.4) is 0 Å². The number of amides is 2. The largest absolute Gasteiger partial charge is 0.379 e. The number of nitrogens with one attached hydrogen (secondary N) is 2. The first-order valence-corrected chi connectivity index (χ1v) is 10.1. The molecule has 1 heterocycles. The van der Waals surface area contributed by atoms with E-state index in [1.807, 2.05) is 6.92 Å². The Balaban J connectivity index is 1.90. The fourth-order valence-corrected chi connectivity index (χ4v) is 4.09. The maximum absolute atomic E-state index is 12.5. The molecule has 25 heavy (non-hydrogen) atoms. The van der Waals surface area contributed by atoms with Crippen LogP contribution in [0.4, 0.5) is 4.79 Å². The fraction of sp³-hybridized carbons (Fsp3) is 0.588. The Morgan fingerprint density at radius 1 is 1.24 bits per heavy atom. The molecule has 0 saturated carbocycles. The van der Waals surface area contributed by atoms with Gasteiger partial charge in [-0.05, 0) is 31.0 Å². The number of carbonyl (C=O) groups excluding carboxylic acids is 1. The first-order chi connectivity index (χ1) is 11.9. The van der Waals surface area contributed by atoms with Gasteiger partial charge in [0.05, 0.1) is 18.1 Å². The summed E-state index contributed by atoms with van der Waals surface area (Å²) in [7, 11) is -3.48. The minimum absolute atomic E-state index is 0.131. The molecule has 7 nitrogen and oxygen atoms in total. The standard InChI is InChI=1S/C17H27N3O4S/c1-3-4-14(2)19-17(21)18-13-15-5-7-16(8-6-15)25(22,23)20-9-11-24-12-10-20/h5-8,14H,3-4,9-13H2,1-2H3,(H2,18,19,21)/t14-/m0/s1. The third kappa shape index (κ3) is 5.69. The number of ether oxygens (including phenoxy) is 1. The molecule has 0 aliphatic carbocycles. The van der Waals surface area contributed by atoms with E-state index in [0.29, 0.717) is 32.8 Å². The zero-order valence-corrected chi connectivity index (χ0v) is 15.6. The molecule has 0 bridgehead atoms. The van der Waals surface area contributed by atoms with E-state index in [1.165, 1.54) is 4.31 Å². The smallest absolute Gasteiger partial charge is 0.315 e. The molecule has 1 aromatic rings. The van der Waals surface area contributed by atoms with Gasteiger partial charge in [-0.15, -0.1) is 0 Å². The molecule has 2 amide bonds. The molecule has 1 saturated heterocycles. The van der Waals surface area contributed by atoms with E-state index in [1.54, 1.807) is 24.3 Å². The number of nitrogens with zero attached hydrogens (tertiary/aromatic N) is 1. The lowest BCUT2D eigenvalue weighted by Gasteiger charge is -2.26. The van der Waals surface area contributed by atoms with Crippen LogP contribution in [0.2, 0.25) is 0 Å². The highest BCUT2D eigenvalue weighted by atomic mass is 32.2. The summed E-state index contributed by atoms with van der Waals surface area (Å²) in [4.78, 5) is 12.1. The van der Waals surface area contributed by atoms with Crippen molar-refractivity contribution in [1.82, 2.24) is 14.9 Å².